The van der Waals surface area contributed by atoms with Crippen molar-refractivity contribution in [3.63, 3.8) is 0 Å². The second kappa shape index (κ2) is 3.12. The Morgan fingerprint density at radius 1 is 2.00 bits per heavy atom. The highest BCUT2D eigenvalue weighted by atomic mass is 35.5. The van der Waals surface area contributed by atoms with Crippen molar-refractivity contribution in [1.29, 1.82) is 0 Å². The molecule has 0 aliphatic rings. The Balaban J connectivity index is 2.83. The van der Waals surface area contributed by atoms with Gasteiger partial charge in [0.05, 0.1) is 0 Å². The molecule has 0 atom stereocenters. The van der Waals surface area contributed by atoms with E-state index in [0.717, 1.165) is 0 Å². The predicted octanol–water partition coefficient (Wildman–Crippen LogP) is -0.559. The van der Waals surface area contributed by atoms with Crippen molar-refractivity contribution in [2.75, 3.05) is 13.7 Å². The standard InChI is InChI=1S/C3H6ClO2/c1-6-2-3(4)5/h4H,2H2,1H3/q+1. The highest BCUT2D eigenvalue weighted by Crippen LogP contribution is 1.64. The maximum atomic E-state index is 9.73. The van der Waals surface area contributed by atoms with Gasteiger partial charge in [-0.25, -0.2) is 4.79 Å². The van der Waals surface area contributed by atoms with Crippen LogP contribution in [0, 0.1) is 11.6 Å². The summed E-state index contributed by atoms with van der Waals surface area (Å²) in [6.45, 7) is 0.0509. The zero-order valence-electron chi connectivity index (χ0n) is 3.43. The summed E-state index contributed by atoms with van der Waals surface area (Å²) in [6.07, 6.45) is 0. The minimum atomic E-state index is -0.350. The number of hydrogen-bond acceptors (Lipinski definition) is 2. The quantitative estimate of drug-likeness (QED) is 0.445. The van der Waals surface area contributed by atoms with Crippen molar-refractivity contribution >= 4 is 5.24 Å². The van der Waals surface area contributed by atoms with E-state index in [1.807, 2.05) is 0 Å². The molecule has 0 unspecified atom stereocenters. The van der Waals surface area contributed by atoms with E-state index in [9.17, 15) is 4.79 Å². The molecule has 0 aliphatic carbocycles. The summed E-state index contributed by atoms with van der Waals surface area (Å²) in [6, 6.07) is 0. The van der Waals surface area contributed by atoms with Crippen LogP contribution in [0.15, 0.2) is 0 Å². The molecule has 0 amide bonds. The van der Waals surface area contributed by atoms with E-state index < -0.39 is 0 Å². The van der Waals surface area contributed by atoms with Crippen LogP contribution in [0.1, 0.15) is 0 Å². The number of hydrogen-bond donors (Lipinski definition) is 0. The molecule has 36 valence electrons. The fraction of sp³-hybridized carbons (Fsp3) is 0.667. The monoisotopic (exact) mass is 109 g/mol. The van der Waals surface area contributed by atoms with Crippen LogP contribution in [0.3, 0.4) is 0 Å². The number of halogens is 1. The first kappa shape index (κ1) is 5.92. The van der Waals surface area contributed by atoms with E-state index in [1.165, 1.54) is 7.11 Å². The van der Waals surface area contributed by atoms with Gasteiger partial charge in [0.25, 0.3) is 0 Å². The van der Waals surface area contributed by atoms with Gasteiger partial charge >= 0.3 is 5.24 Å². The van der Waals surface area contributed by atoms with Crippen LogP contribution in [0.2, 0.25) is 0 Å². The molecular formula is C3H6ClO2+. The fourth-order valence-corrected chi connectivity index (χ4v) is 0.236. The molecule has 0 bridgehead atoms. The maximum Gasteiger partial charge on any atom is 0.424 e. The molecule has 0 rings (SSSR count). The molecule has 0 radical (unpaired) electrons. The van der Waals surface area contributed by atoms with Crippen LogP contribution in [0.4, 0.5) is 0 Å². The van der Waals surface area contributed by atoms with E-state index in [0.29, 0.717) is 0 Å². The highest BCUT2D eigenvalue weighted by Gasteiger charge is 1.99. The molecule has 0 aromatic heterocycles. The predicted molar refractivity (Wildman–Crippen MR) is 18.3 cm³/mol. The second-order valence-corrected chi connectivity index (χ2v) is 1.26. The molecular weight excluding hydrogens is 103 g/mol. The Bertz CT molecular complexity index is 52.8. The van der Waals surface area contributed by atoms with E-state index in [1.54, 1.807) is 0 Å². The first-order valence-corrected chi connectivity index (χ1v) is 1.87. The van der Waals surface area contributed by atoms with Gasteiger partial charge in [0.2, 0.25) is 0 Å². The van der Waals surface area contributed by atoms with Gasteiger partial charge in [-0.2, -0.15) is 0 Å². The van der Waals surface area contributed by atoms with Crippen LogP contribution >= 0.6 is 0 Å². The summed E-state index contributed by atoms with van der Waals surface area (Å²) in [7, 11) is 1.43. The summed E-state index contributed by atoms with van der Waals surface area (Å²) in [4.78, 5) is 9.73. The molecule has 2 nitrogen and oxygen atoms in total. The molecule has 0 heterocycles. The molecule has 0 fully saturated rings. The number of carbonyl (C=O) groups excluding carboxylic acids is 1. The number of methoxy groups -OCH3 is 1. The Hall–Kier alpha value is -0.0800. The zero-order chi connectivity index (χ0) is 4.99. The van der Waals surface area contributed by atoms with Gasteiger partial charge in [0, 0.05) is 7.11 Å². The van der Waals surface area contributed by atoms with E-state index in [4.69, 9.17) is 0 Å². The average Bonchev–Trinajstić information content (AvgIpc) is 1.35. The van der Waals surface area contributed by atoms with Crippen LogP contribution in [0.25, 0.3) is 0 Å². The molecule has 6 heavy (non-hydrogen) atoms. The number of rotatable bonds is 2. The summed E-state index contributed by atoms with van der Waals surface area (Å²) in [5.41, 5.74) is 0. The Kier molecular flexibility index (Phi) is 3.08. The first-order chi connectivity index (χ1) is 2.77. The van der Waals surface area contributed by atoms with Gasteiger partial charge in [-0.05, 0) is 0 Å². The Morgan fingerprint density at radius 2 is 2.50 bits per heavy atom. The van der Waals surface area contributed by atoms with Crippen LogP contribution < -0.4 is 0 Å². The normalized spacial score (nSPS) is 8.33. The van der Waals surface area contributed by atoms with Gasteiger partial charge in [-0.1, -0.05) is 0 Å². The van der Waals surface area contributed by atoms with Crippen molar-refractivity contribution in [2.45, 2.75) is 0 Å². The van der Waals surface area contributed by atoms with Gasteiger partial charge in [-0.15, -0.1) is 0 Å². The Labute approximate surface area is 41.0 Å². The number of ether oxygens (including phenoxy) is 1. The number of carbonyl (C=O) groups is 1. The summed E-state index contributed by atoms with van der Waals surface area (Å²) >= 11 is 4.11. The lowest BCUT2D eigenvalue weighted by Gasteiger charge is -1.76. The summed E-state index contributed by atoms with van der Waals surface area (Å²) < 4.78 is 4.35. The molecule has 0 saturated carbocycles. The van der Waals surface area contributed by atoms with E-state index in [-0.39, 0.29) is 11.8 Å². The second-order valence-electron chi connectivity index (χ2n) is 0.805. The Morgan fingerprint density at radius 3 is 2.50 bits per heavy atom. The molecule has 0 spiro atoms. The third-order valence-electron chi connectivity index (χ3n) is 0.262. The van der Waals surface area contributed by atoms with Crippen molar-refractivity contribution < 1.29 is 21.1 Å². The molecule has 0 aromatic carbocycles. The van der Waals surface area contributed by atoms with Crippen molar-refractivity contribution in [3.05, 3.63) is 0 Å². The molecule has 0 aromatic rings. The largest absolute Gasteiger partial charge is 0.424 e. The average molecular weight is 110 g/mol. The fourth-order valence-electron chi connectivity index (χ4n) is 0.118. The van der Waals surface area contributed by atoms with Gasteiger partial charge in [-0.3, -0.25) is 0 Å². The van der Waals surface area contributed by atoms with Gasteiger partial charge < -0.3 is 4.74 Å². The summed E-state index contributed by atoms with van der Waals surface area (Å²) in [5.74, 6) is 0. The molecule has 0 saturated heterocycles. The van der Waals surface area contributed by atoms with Crippen molar-refractivity contribution in [2.24, 2.45) is 0 Å². The highest BCUT2D eigenvalue weighted by molar-refractivity contribution is 5.65. The molecule has 0 aliphatic heterocycles. The van der Waals surface area contributed by atoms with Crippen LogP contribution in [-0.4, -0.2) is 19.0 Å². The first-order valence-electron chi connectivity index (χ1n) is 1.46. The van der Waals surface area contributed by atoms with E-state index >= 15 is 0 Å². The molecule has 3 heteroatoms. The van der Waals surface area contributed by atoms with Gasteiger partial charge in [0.15, 0.2) is 18.2 Å². The van der Waals surface area contributed by atoms with E-state index in [2.05, 4.69) is 16.3 Å². The SMILES string of the molecule is COCC(=O)[ClH+]. The van der Waals surface area contributed by atoms with Crippen molar-refractivity contribution in [1.82, 2.24) is 0 Å². The zero-order valence-corrected chi connectivity index (χ0v) is 4.25. The summed E-state index contributed by atoms with van der Waals surface area (Å²) in [5, 5.41) is -0.350. The van der Waals surface area contributed by atoms with Crippen LogP contribution in [-0.2, 0) is 9.53 Å². The minimum absolute atomic E-state index is 0.0509. The minimum Gasteiger partial charge on any atom is -0.371 e. The third kappa shape index (κ3) is 3.92. The maximum absolute atomic E-state index is 9.73. The molecule has 0 N–H and O–H groups in total. The smallest absolute Gasteiger partial charge is 0.371 e. The lowest BCUT2D eigenvalue weighted by Crippen LogP contribution is -1.99. The lowest BCUT2D eigenvalue weighted by atomic mass is 10.8. The van der Waals surface area contributed by atoms with Crippen LogP contribution in [0.5, 0.6) is 0 Å². The van der Waals surface area contributed by atoms with Crippen molar-refractivity contribution in [3.8, 4) is 0 Å². The van der Waals surface area contributed by atoms with Gasteiger partial charge in [0.1, 0.15) is 0 Å². The lowest BCUT2D eigenvalue weighted by molar-refractivity contribution is -0.309. The third-order valence-corrected chi connectivity index (χ3v) is 0.380. The topological polar surface area (TPSA) is 26.3 Å².